The van der Waals surface area contributed by atoms with E-state index in [9.17, 15) is 0 Å². The molecular formula is C13H22N2O. The van der Waals surface area contributed by atoms with E-state index in [4.69, 9.17) is 5.11 Å². The quantitative estimate of drug-likeness (QED) is 0.756. The molecule has 0 saturated carbocycles. The Bertz CT molecular complexity index is 277. The summed E-state index contributed by atoms with van der Waals surface area (Å²) in [6, 6.07) is 10.4. The third-order valence-electron chi connectivity index (χ3n) is 2.71. The van der Waals surface area contributed by atoms with Gasteiger partial charge in [-0.25, -0.2) is 0 Å². The maximum atomic E-state index is 8.73. The van der Waals surface area contributed by atoms with Gasteiger partial charge >= 0.3 is 0 Å². The lowest BCUT2D eigenvalue weighted by Gasteiger charge is -2.23. The molecule has 0 fully saturated rings. The summed E-state index contributed by atoms with van der Waals surface area (Å²) in [6.45, 7) is 3.26. The van der Waals surface area contributed by atoms with Crippen LogP contribution in [0.5, 0.6) is 0 Å². The number of benzene rings is 1. The number of hydrogen-bond acceptors (Lipinski definition) is 3. The van der Waals surface area contributed by atoms with E-state index in [1.54, 1.807) is 0 Å². The molecule has 0 aliphatic rings. The number of likely N-dealkylation sites (N-methyl/N-ethyl adjacent to an activating group) is 2. The molecule has 0 atom stereocenters. The van der Waals surface area contributed by atoms with Gasteiger partial charge in [-0.2, -0.15) is 0 Å². The zero-order valence-corrected chi connectivity index (χ0v) is 10.3. The Hall–Kier alpha value is -1.06. The summed E-state index contributed by atoms with van der Waals surface area (Å²) in [5, 5.41) is 8.73. The summed E-state index contributed by atoms with van der Waals surface area (Å²) in [5.41, 5.74) is 1.25. The summed E-state index contributed by atoms with van der Waals surface area (Å²) in [4.78, 5) is 4.49. The smallest absolute Gasteiger partial charge is 0.0443 e. The van der Waals surface area contributed by atoms with Gasteiger partial charge in [0.15, 0.2) is 0 Å². The van der Waals surface area contributed by atoms with Crippen LogP contribution < -0.4 is 4.90 Å². The number of aliphatic hydroxyl groups excluding tert-OH is 1. The number of aliphatic hydroxyl groups is 1. The van der Waals surface area contributed by atoms with Gasteiger partial charge in [-0.3, -0.25) is 0 Å². The second-order valence-corrected chi connectivity index (χ2v) is 4.14. The van der Waals surface area contributed by atoms with Crippen LogP contribution in [0.25, 0.3) is 0 Å². The first-order valence-electron chi connectivity index (χ1n) is 5.79. The van der Waals surface area contributed by atoms with Gasteiger partial charge in [0.2, 0.25) is 0 Å². The van der Waals surface area contributed by atoms with Gasteiger partial charge in [0.1, 0.15) is 0 Å². The first-order valence-corrected chi connectivity index (χ1v) is 5.79. The van der Waals surface area contributed by atoms with Gasteiger partial charge in [-0.05, 0) is 25.6 Å². The SMILES string of the molecule is CN(CCCO)CCN(C)c1ccccc1. The predicted molar refractivity (Wildman–Crippen MR) is 68.9 cm³/mol. The summed E-state index contributed by atoms with van der Waals surface area (Å²) in [5.74, 6) is 0. The number of para-hydroxylation sites is 1. The molecule has 1 rings (SSSR count). The van der Waals surface area contributed by atoms with Crippen LogP contribution in [0.3, 0.4) is 0 Å². The van der Waals surface area contributed by atoms with Crippen LogP contribution >= 0.6 is 0 Å². The van der Waals surface area contributed by atoms with Crippen LogP contribution in [0.1, 0.15) is 6.42 Å². The van der Waals surface area contributed by atoms with E-state index < -0.39 is 0 Å². The molecule has 1 aromatic rings. The zero-order chi connectivity index (χ0) is 11.8. The molecule has 0 radical (unpaired) electrons. The lowest BCUT2D eigenvalue weighted by molar-refractivity contribution is 0.249. The van der Waals surface area contributed by atoms with Crippen LogP contribution in [0, 0.1) is 0 Å². The van der Waals surface area contributed by atoms with Gasteiger partial charge in [0.05, 0.1) is 0 Å². The van der Waals surface area contributed by atoms with Crippen LogP contribution in [0.4, 0.5) is 5.69 Å². The molecule has 16 heavy (non-hydrogen) atoms. The minimum Gasteiger partial charge on any atom is -0.396 e. The maximum absolute atomic E-state index is 8.73. The van der Waals surface area contributed by atoms with Gasteiger partial charge in [0.25, 0.3) is 0 Å². The van der Waals surface area contributed by atoms with Crippen molar-refractivity contribution >= 4 is 5.69 Å². The van der Waals surface area contributed by atoms with Crippen molar-refractivity contribution in [1.29, 1.82) is 0 Å². The highest BCUT2D eigenvalue weighted by atomic mass is 16.3. The molecule has 3 heteroatoms. The fourth-order valence-corrected chi connectivity index (χ4v) is 1.58. The van der Waals surface area contributed by atoms with Crippen molar-refractivity contribution < 1.29 is 5.11 Å². The highest BCUT2D eigenvalue weighted by Gasteiger charge is 2.02. The molecule has 0 spiro atoms. The van der Waals surface area contributed by atoms with Gasteiger partial charge in [-0.15, -0.1) is 0 Å². The lowest BCUT2D eigenvalue weighted by Crippen LogP contribution is -2.31. The Morgan fingerprint density at radius 3 is 2.31 bits per heavy atom. The Morgan fingerprint density at radius 2 is 1.69 bits per heavy atom. The van der Waals surface area contributed by atoms with E-state index in [1.807, 2.05) is 6.07 Å². The van der Waals surface area contributed by atoms with Crippen LogP contribution in [0.2, 0.25) is 0 Å². The summed E-state index contributed by atoms with van der Waals surface area (Å²) >= 11 is 0. The molecule has 3 nitrogen and oxygen atoms in total. The third-order valence-corrected chi connectivity index (χ3v) is 2.71. The Kier molecular flexibility index (Phi) is 5.90. The second kappa shape index (κ2) is 7.25. The molecule has 0 aliphatic carbocycles. The van der Waals surface area contributed by atoms with Crippen molar-refractivity contribution in [1.82, 2.24) is 4.90 Å². The van der Waals surface area contributed by atoms with Crippen molar-refractivity contribution in [2.75, 3.05) is 45.2 Å². The Balaban J connectivity index is 2.27. The minimum absolute atomic E-state index is 0.277. The van der Waals surface area contributed by atoms with Crippen molar-refractivity contribution in [3.05, 3.63) is 30.3 Å². The molecular weight excluding hydrogens is 200 g/mol. The van der Waals surface area contributed by atoms with E-state index in [1.165, 1.54) is 5.69 Å². The van der Waals surface area contributed by atoms with Crippen molar-refractivity contribution in [2.24, 2.45) is 0 Å². The molecule has 0 aliphatic heterocycles. The molecule has 1 N–H and O–H groups in total. The summed E-state index contributed by atoms with van der Waals surface area (Å²) in [7, 11) is 4.20. The van der Waals surface area contributed by atoms with E-state index in [0.717, 1.165) is 26.1 Å². The third kappa shape index (κ3) is 4.64. The minimum atomic E-state index is 0.277. The number of rotatable bonds is 7. The monoisotopic (exact) mass is 222 g/mol. The van der Waals surface area contributed by atoms with Gasteiger partial charge in [0, 0.05) is 39.0 Å². The predicted octanol–water partition coefficient (Wildman–Crippen LogP) is 1.44. The van der Waals surface area contributed by atoms with Gasteiger partial charge < -0.3 is 14.9 Å². The fraction of sp³-hybridized carbons (Fsp3) is 0.538. The summed E-state index contributed by atoms with van der Waals surface area (Å²) < 4.78 is 0. The average molecular weight is 222 g/mol. The van der Waals surface area contributed by atoms with Gasteiger partial charge in [-0.1, -0.05) is 18.2 Å². The molecule has 0 unspecified atom stereocenters. The molecule has 0 bridgehead atoms. The molecule has 90 valence electrons. The first kappa shape index (κ1) is 13.0. The standard InChI is InChI=1S/C13H22N2O/c1-14(9-6-12-16)10-11-15(2)13-7-4-3-5-8-13/h3-5,7-8,16H,6,9-12H2,1-2H3. The second-order valence-electron chi connectivity index (χ2n) is 4.14. The Morgan fingerprint density at radius 1 is 1.00 bits per heavy atom. The zero-order valence-electron chi connectivity index (χ0n) is 10.3. The number of anilines is 1. The van der Waals surface area contributed by atoms with E-state index in [2.05, 4.69) is 48.2 Å². The maximum Gasteiger partial charge on any atom is 0.0443 e. The molecule has 0 amide bonds. The fourth-order valence-electron chi connectivity index (χ4n) is 1.58. The lowest BCUT2D eigenvalue weighted by atomic mass is 10.3. The summed E-state index contributed by atoms with van der Waals surface area (Å²) in [6.07, 6.45) is 0.853. The van der Waals surface area contributed by atoms with Crippen LogP contribution in [-0.4, -0.2) is 50.3 Å². The first-order chi connectivity index (χ1) is 7.74. The Labute approximate surface area is 98.3 Å². The van der Waals surface area contributed by atoms with E-state index >= 15 is 0 Å². The van der Waals surface area contributed by atoms with Crippen molar-refractivity contribution in [3.8, 4) is 0 Å². The average Bonchev–Trinajstić information content (AvgIpc) is 2.34. The normalized spacial score (nSPS) is 10.8. The highest BCUT2D eigenvalue weighted by Crippen LogP contribution is 2.10. The topological polar surface area (TPSA) is 26.7 Å². The van der Waals surface area contributed by atoms with E-state index in [-0.39, 0.29) is 6.61 Å². The molecule has 1 aromatic carbocycles. The largest absolute Gasteiger partial charge is 0.396 e. The van der Waals surface area contributed by atoms with Crippen LogP contribution in [-0.2, 0) is 0 Å². The molecule has 0 saturated heterocycles. The highest BCUT2D eigenvalue weighted by molar-refractivity contribution is 5.44. The van der Waals surface area contributed by atoms with Crippen LogP contribution in [0.15, 0.2) is 30.3 Å². The molecule has 0 aromatic heterocycles. The molecule has 0 heterocycles. The van der Waals surface area contributed by atoms with Crippen molar-refractivity contribution in [2.45, 2.75) is 6.42 Å². The van der Waals surface area contributed by atoms with E-state index in [0.29, 0.717) is 0 Å². The van der Waals surface area contributed by atoms with Crippen molar-refractivity contribution in [3.63, 3.8) is 0 Å². The number of nitrogens with zero attached hydrogens (tertiary/aromatic N) is 2. The number of hydrogen-bond donors (Lipinski definition) is 1.